The number of nitrogens with zero attached hydrogens (tertiary/aromatic N) is 1. The van der Waals surface area contributed by atoms with Gasteiger partial charge in [-0.3, -0.25) is 0 Å². The molecule has 1 saturated heterocycles. The van der Waals surface area contributed by atoms with Crippen LogP contribution >= 0.6 is 0 Å². The third-order valence-corrected chi connectivity index (χ3v) is 5.72. The second-order valence-electron chi connectivity index (χ2n) is 7.90. The summed E-state index contributed by atoms with van der Waals surface area (Å²) in [6.45, 7) is 3.55. The van der Waals surface area contributed by atoms with Crippen molar-refractivity contribution in [3.63, 3.8) is 0 Å². The number of likely N-dealkylation sites (tertiary alicyclic amines) is 1. The molecule has 2 aromatic rings. The first kappa shape index (κ1) is 22.9. The zero-order valence-electron chi connectivity index (χ0n) is 18.8. The van der Waals surface area contributed by atoms with Crippen LogP contribution < -0.4 is 14.2 Å². The third kappa shape index (κ3) is 6.37. The van der Waals surface area contributed by atoms with Crippen LogP contribution in [0, 0.1) is 5.92 Å². The summed E-state index contributed by atoms with van der Waals surface area (Å²) in [5.74, 6) is 1.63. The number of carbonyl (C=O) groups excluding carboxylic acids is 1. The topological polar surface area (TPSA) is 57.2 Å². The molecule has 31 heavy (non-hydrogen) atoms. The number of benzene rings is 2. The summed E-state index contributed by atoms with van der Waals surface area (Å²) < 4.78 is 21.4. The Balaban J connectivity index is 1.45. The summed E-state index contributed by atoms with van der Waals surface area (Å²) in [5, 5.41) is 0. The molecule has 1 unspecified atom stereocenters. The van der Waals surface area contributed by atoms with Gasteiger partial charge in [-0.2, -0.15) is 0 Å². The molecule has 6 heteroatoms. The van der Waals surface area contributed by atoms with E-state index in [0.717, 1.165) is 32.5 Å². The standard InChI is InChI=1S/C25H33NO5/c1-28-22-16-21(17-23(29-2)24(22)30-3)25(27)31-14-8-13-26-12-7-11-20(18-26)15-19-9-5-4-6-10-19/h4-6,9-10,16-17,20H,7-8,11-15,18H2,1-3H3. The SMILES string of the molecule is COc1cc(C(=O)OCCCN2CCCC(Cc3ccccc3)C2)cc(OC)c1OC. The molecule has 0 aromatic heterocycles. The van der Waals surface area contributed by atoms with Gasteiger partial charge in [0.05, 0.1) is 33.5 Å². The van der Waals surface area contributed by atoms with Gasteiger partial charge < -0.3 is 23.8 Å². The van der Waals surface area contributed by atoms with Gasteiger partial charge in [0.15, 0.2) is 11.5 Å². The van der Waals surface area contributed by atoms with Crippen molar-refractivity contribution in [2.24, 2.45) is 5.92 Å². The van der Waals surface area contributed by atoms with E-state index in [1.807, 2.05) is 0 Å². The van der Waals surface area contributed by atoms with E-state index in [1.165, 1.54) is 39.7 Å². The molecule has 0 amide bonds. The highest BCUT2D eigenvalue weighted by Crippen LogP contribution is 2.38. The van der Waals surface area contributed by atoms with Gasteiger partial charge in [-0.1, -0.05) is 30.3 Å². The Labute approximate surface area is 185 Å². The quantitative estimate of drug-likeness (QED) is 0.418. The Hall–Kier alpha value is -2.73. The predicted molar refractivity (Wildman–Crippen MR) is 120 cm³/mol. The van der Waals surface area contributed by atoms with Gasteiger partial charge in [-0.15, -0.1) is 0 Å². The normalized spacial score (nSPS) is 16.5. The summed E-state index contributed by atoms with van der Waals surface area (Å²) >= 11 is 0. The second-order valence-corrected chi connectivity index (χ2v) is 7.90. The molecule has 0 saturated carbocycles. The lowest BCUT2D eigenvalue weighted by molar-refractivity contribution is 0.0479. The van der Waals surface area contributed by atoms with E-state index in [1.54, 1.807) is 12.1 Å². The molecule has 168 valence electrons. The molecule has 0 bridgehead atoms. The molecular weight excluding hydrogens is 394 g/mol. The van der Waals surface area contributed by atoms with Crippen molar-refractivity contribution in [3.8, 4) is 17.2 Å². The van der Waals surface area contributed by atoms with Crippen LogP contribution in [0.2, 0.25) is 0 Å². The summed E-state index contributed by atoms with van der Waals surface area (Å²) in [4.78, 5) is 15.0. The van der Waals surface area contributed by atoms with Gasteiger partial charge in [-0.05, 0) is 55.8 Å². The molecule has 2 aromatic carbocycles. The fourth-order valence-corrected chi connectivity index (χ4v) is 4.20. The van der Waals surface area contributed by atoms with E-state index < -0.39 is 0 Å². The maximum absolute atomic E-state index is 12.5. The van der Waals surface area contributed by atoms with Crippen LogP contribution in [0.1, 0.15) is 35.2 Å². The second kappa shape index (κ2) is 11.6. The van der Waals surface area contributed by atoms with Crippen LogP contribution in [0.3, 0.4) is 0 Å². The van der Waals surface area contributed by atoms with Crippen LogP contribution in [0.5, 0.6) is 17.2 Å². The average molecular weight is 428 g/mol. The first-order valence-electron chi connectivity index (χ1n) is 10.9. The highest BCUT2D eigenvalue weighted by molar-refractivity contribution is 5.91. The van der Waals surface area contributed by atoms with Crippen molar-refractivity contribution >= 4 is 5.97 Å². The van der Waals surface area contributed by atoms with E-state index in [9.17, 15) is 4.79 Å². The van der Waals surface area contributed by atoms with Crippen molar-refractivity contribution in [2.45, 2.75) is 25.7 Å². The van der Waals surface area contributed by atoms with Crippen molar-refractivity contribution in [1.29, 1.82) is 0 Å². The van der Waals surface area contributed by atoms with E-state index in [2.05, 4.69) is 35.2 Å². The lowest BCUT2D eigenvalue weighted by atomic mass is 9.91. The maximum atomic E-state index is 12.5. The number of methoxy groups -OCH3 is 3. The number of hydrogen-bond donors (Lipinski definition) is 0. The highest BCUT2D eigenvalue weighted by atomic mass is 16.5. The van der Waals surface area contributed by atoms with E-state index in [0.29, 0.717) is 35.3 Å². The number of esters is 1. The molecule has 0 N–H and O–H groups in total. The fraction of sp³-hybridized carbons (Fsp3) is 0.480. The monoisotopic (exact) mass is 427 g/mol. The summed E-state index contributed by atoms with van der Waals surface area (Å²) in [6.07, 6.45) is 4.45. The van der Waals surface area contributed by atoms with Gasteiger partial charge in [-0.25, -0.2) is 4.79 Å². The van der Waals surface area contributed by atoms with E-state index in [-0.39, 0.29) is 5.97 Å². The van der Waals surface area contributed by atoms with Crippen molar-refractivity contribution in [3.05, 3.63) is 53.6 Å². The Kier molecular flexibility index (Phi) is 8.59. The van der Waals surface area contributed by atoms with Crippen LogP contribution in [0.15, 0.2) is 42.5 Å². The molecule has 1 aliphatic rings. The van der Waals surface area contributed by atoms with Crippen molar-refractivity contribution < 1.29 is 23.7 Å². The number of hydrogen-bond acceptors (Lipinski definition) is 6. The van der Waals surface area contributed by atoms with Crippen molar-refractivity contribution in [1.82, 2.24) is 4.90 Å². The molecule has 1 fully saturated rings. The van der Waals surface area contributed by atoms with Gasteiger partial charge >= 0.3 is 5.97 Å². The average Bonchev–Trinajstić information content (AvgIpc) is 2.81. The van der Waals surface area contributed by atoms with Crippen LogP contribution in [0.25, 0.3) is 0 Å². The van der Waals surface area contributed by atoms with Gasteiger partial charge in [0.1, 0.15) is 0 Å². The minimum absolute atomic E-state index is 0.384. The number of ether oxygens (including phenoxy) is 4. The molecule has 0 spiro atoms. The molecule has 0 aliphatic carbocycles. The van der Waals surface area contributed by atoms with Crippen LogP contribution in [-0.2, 0) is 11.2 Å². The molecule has 6 nitrogen and oxygen atoms in total. The zero-order chi connectivity index (χ0) is 22.1. The third-order valence-electron chi connectivity index (χ3n) is 5.72. The summed E-state index contributed by atoms with van der Waals surface area (Å²) in [6, 6.07) is 13.9. The molecular formula is C25H33NO5. The van der Waals surface area contributed by atoms with Crippen LogP contribution in [0.4, 0.5) is 0 Å². The smallest absolute Gasteiger partial charge is 0.338 e. The largest absolute Gasteiger partial charge is 0.493 e. The first-order chi connectivity index (χ1) is 15.1. The molecule has 3 rings (SSSR count). The lowest BCUT2D eigenvalue weighted by Gasteiger charge is -2.32. The van der Waals surface area contributed by atoms with Crippen LogP contribution in [-0.4, -0.2) is 58.4 Å². The minimum Gasteiger partial charge on any atom is -0.493 e. The number of rotatable bonds is 10. The first-order valence-corrected chi connectivity index (χ1v) is 10.9. The predicted octanol–water partition coefficient (Wildman–Crippen LogP) is 4.21. The van der Waals surface area contributed by atoms with Crippen molar-refractivity contribution in [2.75, 3.05) is 47.6 Å². The maximum Gasteiger partial charge on any atom is 0.338 e. The Bertz CT molecular complexity index is 814. The Morgan fingerprint density at radius 1 is 1.03 bits per heavy atom. The number of carbonyl (C=O) groups is 1. The summed E-state index contributed by atoms with van der Waals surface area (Å²) in [7, 11) is 4.58. The molecule has 1 heterocycles. The van der Waals surface area contributed by atoms with Gasteiger partial charge in [0.25, 0.3) is 0 Å². The zero-order valence-corrected chi connectivity index (χ0v) is 18.8. The molecule has 1 atom stereocenters. The van der Waals surface area contributed by atoms with E-state index >= 15 is 0 Å². The lowest BCUT2D eigenvalue weighted by Crippen LogP contribution is -2.37. The van der Waals surface area contributed by atoms with E-state index in [4.69, 9.17) is 18.9 Å². The molecule has 0 radical (unpaired) electrons. The van der Waals surface area contributed by atoms with Gasteiger partial charge in [0.2, 0.25) is 5.75 Å². The Morgan fingerprint density at radius 2 is 1.74 bits per heavy atom. The number of piperidine rings is 1. The minimum atomic E-state index is -0.389. The van der Waals surface area contributed by atoms with Gasteiger partial charge in [0, 0.05) is 13.1 Å². The molecule has 1 aliphatic heterocycles. The summed E-state index contributed by atoms with van der Waals surface area (Å²) in [5.41, 5.74) is 1.80. The highest BCUT2D eigenvalue weighted by Gasteiger charge is 2.21. The Morgan fingerprint density at radius 3 is 2.39 bits per heavy atom. The fourth-order valence-electron chi connectivity index (χ4n) is 4.20.